The van der Waals surface area contributed by atoms with E-state index in [1.165, 1.54) is 0 Å². The second-order valence-electron chi connectivity index (χ2n) is 1.18. The van der Waals surface area contributed by atoms with E-state index in [0.717, 1.165) is 0 Å². The summed E-state index contributed by atoms with van der Waals surface area (Å²) in [7, 11) is 4.67. The number of rotatable bonds is 1. The summed E-state index contributed by atoms with van der Waals surface area (Å²) in [5, 5.41) is 0. The molecule has 0 rings (SSSR count). The Kier molecular flexibility index (Phi) is 2.19. The van der Waals surface area contributed by atoms with Crippen molar-refractivity contribution in [1.82, 2.24) is 0 Å². The maximum atomic E-state index is 4.67. The van der Waals surface area contributed by atoms with Crippen LogP contribution < -0.4 is 0 Å². The summed E-state index contributed by atoms with van der Waals surface area (Å²) in [6.45, 7) is 3.75. The van der Waals surface area contributed by atoms with E-state index in [0.29, 0.717) is 0 Å². The molecule has 0 saturated heterocycles. The van der Waals surface area contributed by atoms with Gasteiger partial charge in [0.25, 0.3) is 0 Å². The van der Waals surface area contributed by atoms with Crippen molar-refractivity contribution in [3.05, 3.63) is 7.11 Å². The van der Waals surface area contributed by atoms with Gasteiger partial charge in [-0.1, -0.05) is 0 Å². The van der Waals surface area contributed by atoms with E-state index >= 15 is 0 Å². The first kappa shape index (κ1) is 4.96. The van der Waals surface area contributed by atoms with Crippen LogP contribution in [0.5, 0.6) is 0 Å². The predicted molar refractivity (Wildman–Crippen MR) is 20.5 cm³/mol. The highest BCUT2D eigenvalue weighted by Crippen LogP contribution is 1.79. The predicted octanol–water partition coefficient (Wildman–Crippen LogP) is 1.08. The lowest BCUT2D eigenvalue weighted by Crippen LogP contribution is -1.92. The molecule has 0 saturated carbocycles. The third kappa shape index (κ3) is 3.96. The molecule has 0 aliphatic carbocycles. The van der Waals surface area contributed by atoms with Gasteiger partial charge in [-0.3, -0.25) is 0 Å². The molecule has 1 heteroatoms. The van der Waals surface area contributed by atoms with E-state index in [9.17, 15) is 0 Å². The lowest BCUT2D eigenvalue weighted by Gasteiger charge is -1.93. The Morgan fingerprint density at radius 1 is 1.60 bits per heavy atom. The number of hydrogen-bond donors (Lipinski definition) is 0. The van der Waals surface area contributed by atoms with Gasteiger partial charge in [0, 0.05) is 0 Å². The fraction of sp³-hybridized carbons (Fsp3) is 0.750. The summed E-state index contributed by atoms with van der Waals surface area (Å²) in [6, 6.07) is 0. The highest BCUT2D eigenvalue weighted by Gasteiger charge is 1.79. The van der Waals surface area contributed by atoms with Crippen LogP contribution >= 0.6 is 0 Å². The molecule has 0 aromatic rings. The van der Waals surface area contributed by atoms with Crippen molar-refractivity contribution < 1.29 is 4.74 Å². The summed E-state index contributed by atoms with van der Waals surface area (Å²) >= 11 is 0. The van der Waals surface area contributed by atoms with Crippen LogP contribution in [-0.2, 0) is 4.74 Å². The molecular weight excluding hydrogens is 64.0 g/mol. The normalized spacial score (nSPS) is 9.60. The van der Waals surface area contributed by atoms with Crippen molar-refractivity contribution in [2.75, 3.05) is 0 Å². The third-order valence-corrected chi connectivity index (χ3v) is 0.272. The molecule has 5 heavy (non-hydrogen) atoms. The average Bonchev–Trinajstić information content (AvgIpc) is 1.38. The van der Waals surface area contributed by atoms with Crippen LogP contribution in [0.3, 0.4) is 0 Å². The molecule has 0 spiro atoms. The standard InChI is InChI=1S/C4H8O/c1-4(2)5-3/h3-4H,1-2H3. The fourth-order valence-corrected chi connectivity index (χ4v) is 0. The van der Waals surface area contributed by atoms with Gasteiger partial charge in [-0.15, -0.1) is 0 Å². The van der Waals surface area contributed by atoms with E-state index in [1.807, 2.05) is 13.8 Å². The Labute approximate surface area is 32.9 Å². The van der Waals surface area contributed by atoms with E-state index in [2.05, 4.69) is 11.8 Å². The van der Waals surface area contributed by atoms with Gasteiger partial charge in [0.05, 0.1) is 6.10 Å². The summed E-state index contributed by atoms with van der Waals surface area (Å²) < 4.78 is 4.25. The monoisotopic (exact) mass is 72.1 g/mol. The molecule has 30 valence electrons. The van der Waals surface area contributed by atoms with E-state index in [4.69, 9.17) is 0 Å². The second kappa shape index (κ2) is 2.21. The molecule has 0 amide bonds. The van der Waals surface area contributed by atoms with Gasteiger partial charge in [0.2, 0.25) is 0 Å². The zero-order chi connectivity index (χ0) is 4.28. The number of ether oxygens (including phenoxy) is 1. The minimum Gasteiger partial charge on any atom is -0.370 e. The molecular formula is C4H8O. The first-order valence-corrected chi connectivity index (χ1v) is 1.63. The minimum atomic E-state index is 0.162. The Morgan fingerprint density at radius 3 is 1.80 bits per heavy atom. The van der Waals surface area contributed by atoms with Gasteiger partial charge in [0.15, 0.2) is 0 Å². The van der Waals surface area contributed by atoms with Crippen LogP contribution in [0.1, 0.15) is 13.8 Å². The van der Waals surface area contributed by atoms with Gasteiger partial charge in [0.1, 0.15) is 7.11 Å². The molecule has 0 aromatic heterocycles. The zero-order valence-corrected chi connectivity index (χ0v) is 3.56. The molecule has 0 bridgehead atoms. The lowest BCUT2D eigenvalue weighted by molar-refractivity contribution is 0.172. The van der Waals surface area contributed by atoms with Gasteiger partial charge in [-0.05, 0) is 13.8 Å². The molecule has 0 heterocycles. The van der Waals surface area contributed by atoms with Crippen molar-refractivity contribution in [2.24, 2.45) is 0 Å². The summed E-state index contributed by atoms with van der Waals surface area (Å²) in [4.78, 5) is 0. The first-order chi connectivity index (χ1) is 2.27. The topological polar surface area (TPSA) is 9.23 Å². The largest absolute Gasteiger partial charge is 0.370 e. The van der Waals surface area contributed by atoms with E-state index in [1.54, 1.807) is 0 Å². The molecule has 1 nitrogen and oxygen atoms in total. The van der Waals surface area contributed by atoms with Crippen LogP contribution in [-0.4, -0.2) is 6.10 Å². The fourth-order valence-electron chi connectivity index (χ4n) is 0. The Morgan fingerprint density at radius 2 is 1.80 bits per heavy atom. The summed E-state index contributed by atoms with van der Waals surface area (Å²) in [5.41, 5.74) is 0. The molecule has 0 aliphatic rings. The molecule has 0 unspecified atom stereocenters. The maximum Gasteiger partial charge on any atom is 0.115 e. The zero-order valence-electron chi connectivity index (χ0n) is 3.56. The highest BCUT2D eigenvalue weighted by atomic mass is 16.5. The Hall–Kier alpha value is -0.0400. The average molecular weight is 72.1 g/mol. The van der Waals surface area contributed by atoms with Crippen LogP contribution in [0.25, 0.3) is 0 Å². The summed E-state index contributed by atoms with van der Waals surface area (Å²) in [6.07, 6.45) is 0.162. The van der Waals surface area contributed by atoms with Crippen LogP contribution in [0.15, 0.2) is 0 Å². The molecule has 2 radical (unpaired) electrons. The van der Waals surface area contributed by atoms with Gasteiger partial charge < -0.3 is 4.74 Å². The smallest absolute Gasteiger partial charge is 0.115 e. The highest BCUT2D eigenvalue weighted by molar-refractivity contribution is 4.29. The Bertz CT molecular complexity index is 17.6. The quantitative estimate of drug-likeness (QED) is 0.450. The molecule has 0 atom stereocenters. The third-order valence-electron chi connectivity index (χ3n) is 0.272. The molecule has 0 aromatic carbocycles. The minimum absolute atomic E-state index is 0.162. The van der Waals surface area contributed by atoms with Crippen molar-refractivity contribution in [1.29, 1.82) is 0 Å². The van der Waals surface area contributed by atoms with E-state index in [-0.39, 0.29) is 6.10 Å². The van der Waals surface area contributed by atoms with Crippen LogP contribution in [0.2, 0.25) is 0 Å². The molecule has 0 N–H and O–H groups in total. The van der Waals surface area contributed by atoms with Crippen molar-refractivity contribution in [3.63, 3.8) is 0 Å². The molecule has 0 fully saturated rings. The summed E-state index contributed by atoms with van der Waals surface area (Å²) in [5.74, 6) is 0. The molecule has 0 aliphatic heterocycles. The van der Waals surface area contributed by atoms with Crippen molar-refractivity contribution in [3.8, 4) is 0 Å². The van der Waals surface area contributed by atoms with Crippen LogP contribution in [0.4, 0.5) is 0 Å². The Balaban J connectivity index is 2.54. The maximum absolute atomic E-state index is 4.67. The van der Waals surface area contributed by atoms with Crippen molar-refractivity contribution in [2.45, 2.75) is 20.0 Å². The number of hydrogen-bond acceptors (Lipinski definition) is 1. The first-order valence-electron chi connectivity index (χ1n) is 1.63. The van der Waals surface area contributed by atoms with Gasteiger partial charge in [-0.25, -0.2) is 0 Å². The van der Waals surface area contributed by atoms with E-state index < -0.39 is 0 Å². The van der Waals surface area contributed by atoms with Gasteiger partial charge >= 0.3 is 0 Å². The SMILES string of the molecule is [CH]OC(C)C. The van der Waals surface area contributed by atoms with Gasteiger partial charge in [-0.2, -0.15) is 0 Å². The second-order valence-corrected chi connectivity index (χ2v) is 1.18. The lowest BCUT2D eigenvalue weighted by atomic mass is 10.5. The van der Waals surface area contributed by atoms with Crippen LogP contribution in [0, 0.1) is 7.11 Å². The van der Waals surface area contributed by atoms with Crippen molar-refractivity contribution >= 4 is 0 Å².